The summed E-state index contributed by atoms with van der Waals surface area (Å²) in [7, 11) is 0. The van der Waals surface area contributed by atoms with E-state index in [2.05, 4.69) is 13.8 Å². The summed E-state index contributed by atoms with van der Waals surface area (Å²) in [5, 5.41) is 0. The summed E-state index contributed by atoms with van der Waals surface area (Å²) in [5.74, 6) is 0. The maximum atomic E-state index is 12.3. The highest BCUT2D eigenvalue weighted by molar-refractivity contribution is 5.68. The van der Waals surface area contributed by atoms with E-state index < -0.39 is 0 Å². The first kappa shape index (κ1) is 15.8. The lowest BCUT2D eigenvalue weighted by atomic mass is 9.91. The van der Waals surface area contributed by atoms with Gasteiger partial charge in [-0.2, -0.15) is 0 Å². The van der Waals surface area contributed by atoms with Crippen molar-refractivity contribution in [2.45, 2.75) is 39.8 Å². The molecule has 4 heteroatoms. The number of rotatable bonds is 5. The SMILES string of the molecule is CCOCC1CC(C)(C)CN1C(=O)OCc1ccccc1. The van der Waals surface area contributed by atoms with Gasteiger partial charge < -0.3 is 14.4 Å². The van der Waals surface area contributed by atoms with Gasteiger partial charge >= 0.3 is 6.09 Å². The summed E-state index contributed by atoms with van der Waals surface area (Å²) >= 11 is 0. The molecule has 21 heavy (non-hydrogen) atoms. The smallest absolute Gasteiger partial charge is 0.410 e. The molecule has 0 aliphatic carbocycles. The van der Waals surface area contributed by atoms with Crippen LogP contribution in [0.4, 0.5) is 4.79 Å². The highest BCUT2D eigenvalue weighted by Crippen LogP contribution is 2.34. The standard InChI is InChI=1S/C17H25NO3/c1-4-20-12-15-10-17(2,3)13-18(15)16(19)21-11-14-8-6-5-7-9-14/h5-9,15H,4,10-13H2,1-3H3. The summed E-state index contributed by atoms with van der Waals surface area (Å²) in [6.45, 7) is 8.62. The van der Waals surface area contributed by atoms with Crippen LogP contribution >= 0.6 is 0 Å². The predicted octanol–water partition coefficient (Wildman–Crippen LogP) is 3.46. The fraction of sp³-hybridized carbons (Fsp3) is 0.588. The van der Waals surface area contributed by atoms with Crippen molar-refractivity contribution >= 4 is 6.09 Å². The Morgan fingerprint density at radius 3 is 2.71 bits per heavy atom. The third-order valence-corrected chi connectivity index (χ3v) is 3.78. The van der Waals surface area contributed by atoms with Crippen molar-refractivity contribution in [2.75, 3.05) is 19.8 Å². The second-order valence-corrected chi connectivity index (χ2v) is 6.35. The van der Waals surface area contributed by atoms with E-state index in [1.807, 2.05) is 42.2 Å². The number of carbonyl (C=O) groups excluding carboxylic acids is 1. The third kappa shape index (κ3) is 4.46. The van der Waals surface area contributed by atoms with Crippen LogP contribution in [0.25, 0.3) is 0 Å². The molecule has 1 aromatic rings. The minimum absolute atomic E-state index is 0.114. The molecule has 1 heterocycles. The second-order valence-electron chi connectivity index (χ2n) is 6.35. The van der Waals surface area contributed by atoms with Gasteiger partial charge in [0.15, 0.2) is 0 Å². The van der Waals surface area contributed by atoms with Crippen LogP contribution in [0.3, 0.4) is 0 Å². The largest absolute Gasteiger partial charge is 0.445 e. The highest BCUT2D eigenvalue weighted by Gasteiger charge is 2.40. The first-order valence-electron chi connectivity index (χ1n) is 7.57. The Labute approximate surface area is 127 Å². The zero-order valence-corrected chi connectivity index (χ0v) is 13.2. The van der Waals surface area contributed by atoms with E-state index in [-0.39, 0.29) is 17.6 Å². The van der Waals surface area contributed by atoms with Gasteiger partial charge in [-0.25, -0.2) is 4.79 Å². The van der Waals surface area contributed by atoms with Gasteiger partial charge in [0.1, 0.15) is 6.61 Å². The number of hydrogen-bond donors (Lipinski definition) is 0. The van der Waals surface area contributed by atoms with Crippen molar-refractivity contribution in [3.63, 3.8) is 0 Å². The van der Waals surface area contributed by atoms with Gasteiger partial charge in [0.05, 0.1) is 12.6 Å². The van der Waals surface area contributed by atoms with E-state index in [0.29, 0.717) is 19.8 Å². The molecule has 1 fully saturated rings. The fourth-order valence-corrected chi connectivity index (χ4v) is 2.82. The number of hydrogen-bond acceptors (Lipinski definition) is 3. The average molecular weight is 291 g/mol. The second kappa shape index (κ2) is 6.94. The van der Waals surface area contributed by atoms with E-state index in [9.17, 15) is 4.79 Å². The lowest BCUT2D eigenvalue weighted by Crippen LogP contribution is -2.39. The molecule has 2 rings (SSSR count). The van der Waals surface area contributed by atoms with Crippen molar-refractivity contribution < 1.29 is 14.3 Å². The molecule has 0 spiro atoms. The molecule has 0 aromatic heterocycles. The van der Waals surface area contributed by atoms with Crippen molar-refractivity contribution in [2.24, 2.45) is 5.41 Å². The molecular weight excluding hydrogens is 266 g/mol. The van der Waals surface area contributed by atoms with Crippen molar-refractivity contribution in [3.05, 3.63) is 35.9 Å². The molecule has 0 N–H and O–H groups in total. The van der Waals surface area contributed by atoms with Gasteiger partial charge in [-0.1, -0.05) is 44.2 Å². The summed E-state index contributed by atoms with van der Waals surface area (Å²) in [5.41, 5.74) is 1.12. The molecule has 116 valence electrons. The van der Waals surface area contributed by atoms with E-state index in [4.69, 9.17) is 9.47 Å². The van der Waals surface area contributed by atoms with Crippen molar-refractivity contribution in [1.82, 2.24) is 4.90 Å². The van der Waals surface area contributed by atoms with E-state index >= 15 is 0 Å². The van der Waals surface area contributed by atoms with Crippen molar-refractivity contribution in [3.8, 4) is 0 Å². The Morgan fingerprint density at radius 1 is 1.33 bits per heavy atom. The first-order valence-corrected chi connectivity index (χ1v) is 7.57. The van der Waals surface area contributed by atoms with Crippen LogP contribution in [0.2, 0.25) is 0 Å². The number of benzene rings is 1. The molecule has 1 amide bonds. The van der Waals surface area contributed by atoms with Gasteiger partial charge in [0, 0.05) is 13.2 Å². The quantitative estimate of drug-likeness (QED) is 0.834. The number of carbonyl (C=O) groups is 1. The topological polar surface area (TPSA) is 38.8 Å². The zero-order valence-electron chi connectivity index (χ0n) is 13.2. The number of ether oxygens (including phenoxy) is 2. The molecular formula is C17H25NO3. The minimum Gasteiger partial charge on any atom is -0.445 e. The Morgan fingerprint density at radius 2 is 2.05 bits per heavy atom. The lowest BCUT2D eigenvalue weighted by molar-refractivity contribution is 0.0586. The van der Waals surface area contributed by atoms with E-state index in [0.717, 1.165) is 18.5 Å². The molecule has 1 aromatic carbocycles. The van der Waals surface area contributed by atoms with Crippen LogP contribution in [0.15, 0.2) is 30.3 Å². The summed E-state index contributed by atoms with van der Waals surface area (Å²) in [6, 6.07) is 9.87. The molecule has 1 atom stereocenters. The Kier molecular flexibility index (Phi) is 5.23. The number of nitrogens with zero attached hydrogens (tertiary/aromatic N) is 1. The molecule has 1 aliphatic rings. The van der Waals surface area contributed by atoms with Gasteiger partial charge in [0.2, 0.25) is 0 Å². The van der Waals surface area contributed by atoms with Crippen LogP contribution in [-0.4, -0.2) is 36.8 Å². The molecule has 0 radical (unpaired) electrons. The molecule has 0 bridgehead atoms. The predicted molar refractivity (Wildman–Crippen MR) is 82.0 cm³/mol. The Balaban J connectivity index is 1.92. The molecule has 1 saturated heterocycles. The van der Waals surface area contributed by atoms with Crippen LogP contribution in [0.1, 0.15) is 32.8 Å². The van der Waals surface area contributed by atoms with E-state index in [1.165, 1.54) is 0 Å². The summed E-state index contributed by atoms with van der Waals surface area (Å²) < 4.78 is 11.0. The normalized spacial score (nSPS) is 20.5. The van der Waals surface area contributed by atoms with Gasteiger partial charge in [-0.15, -0.1) is 0 Å². The zero-order chi connectivity index (χ0) is 15.3. The number of amides is 1. The molecule has 1 aliphatic heterocycles. The fourth-order valence-electron chi connectivity index (χ4n) is 2.82. The molecule has 0 saturated carbocycles. The Hall–Kier alpha value is -1.55. The summed E-state index contributed by atoms with van der Waals surface area (Å²) in [4.78, 5) is 14.1. The van der Waals surface area contributed by atoms with Crippen molar-refractivity contribution in [1.29, 1.82) is 0 Å². The number of likely N-dealkylation sites (tertiary alicyclic amines) is 1. The lowest BCUT2D eigenvalue weighted by Gasteiger charge is -2.24. The van der Waals surface area contributed by atoms with Crippen LogP contribution < -0.4 is 0 Å². The Bertz CT molecular complexity index is 458. The monoisotopic (exact) mass is 291 g/mol. The van der Waals surface area contributed by atoms with Gasteiger partial charge in [0.25, 0.3) is 0 Å². The maximum absolute atomic E-state index is 12.3. The third-order valence-electron chi connectivity index (χ3n) is 3.78. The maximum Gasteiger partial charge on any atom is 0.410 e. The van der Waals surface area contributed by atoms with Gasteiger partial charge in [-0.3, -0.25) is 0 Å². The first-order chi connectivity index (χ1) is 10.0. The highest BCUT2D eigenvalue weighted by atomic mass is 16.6. The van der Waals surface area contributed by atoms with Crippen LogP contribution in [-0.2, 0) is 16.1 Å². The minimum atomic E-state index is -0.242. The van der Waals surface area contributed by atoms with Crippen LogP contribution in [0.5, 0.6) is 0 Å². The average Bonchev–Trinajstić information content (AvgIpc) is 2.79. The van der Waals surface area contributed by atoms with Crippen LogP contribution in [0, 0.1) is 5.41 Å². The summed E-state index contributed by atoms with van der Waals surface area (Å²) in [6.07, 6.45) is 0.710. The van der Waals surface area contributed by atoms with E-state index in [1.54, 1.807) is 0 Å². The van der Waals surface area contributed by atoms with Gasteiger partial charge in [-0.05, 0) is 24.3 Å². The molecule has 4 nitrogen and oxygen atoms in total. The molecule has 1 unspecified atom stereocenters.